The summed E-state index contributed by atoms with van der Waals surface area (Å²) in [6, 6.07) is 15.2. The van der Waals surface area contributed by atoms with Crippen molar-refractivity contribution in [2.75, 3.05) is 13.2 Å². The zero-order valence-electron chi connectivity index (χ0n) is 17.3. The zero-order chi connectivity index (χ0) is 21.8. The molecule has 0 saturated heterocycles. The molecule has 0 saturated carbocycles. The van der Waals surface area contributed by atoms with Crippen molar-refractivity contribution in [2.45, 2.75) is 20.3 Å². The number of hydrogen-bond acceptors (Lipinski definition) is 6. The number of aliphatic imine (C=N–C) groups is 1. The van der Waals surface area contributed by atoms with Crippen LogP contribution in [-0.4, -0.2) is 40.2 Å². The Balaban J connectivity index is 1.40. The van der Waals surface area contributed by atoms with E-state index < -0.39 is 5.91 Å². The first-order valence-corrected chi connectivity index (χ1v) is 10.8. The van der Waals surface area contributed by atoms with Crippen LogP contribution < -0.4 is 9.47 Å². The molecule has 2 aliphatic rings. The van der Waals surface area contributed by atoms with Gasteiger partial charge < -0.3 is 9.47 Å². The van der Waals surface area contributed by atoms with Gasteiger partial charge in [0.2, 0.25) is 5.17 Å². The highest BCUT2D eigenvalue weighted by Gasteiger charge is 2.35. The molecule has 31 heavy (non-hydrogen) atoms. The fourth-order valence-corrected chi connectivity index (χ4v) is 3.81. The monoisotopic (exact) mass is 434 g/mol. The minimum Gasteiger partial charge on any atom is -0.490 e. The summed E-state index contributed by atoms with van der Waals surface area (Å²) in [4.78, 5) is 16.5. The van der Waals surface area contributed by atoms with Gasteiger partial charge in [0.25, 0.3) is 5.91 Å². The zero-order valence-corrected chi connectivity index (χ0v) is 18.1. The first-order chi connectivity index (χ1) is 15.0. The Labute approximate surface area is 185 Å². The average Bonchev–Trinajstić information content (AvgIpc) is 3.19. The molecule has 2 aromatic rings. The molecule has 0 radical (unpaired) electrons. The molecule has 0 bridgehead atoms. The van der Waals surface area contributed by atoms with Gasteiger partial charge >= 0.3 is 0 Å². The van der Waals surface area contributed by atoms with Crippen molar-refractivity contribution in [3.63, 3.8) is 0 Å². The second kappa shape index (κ2) is 9.18. The lowest BCUT2D eigenvalue weighted by Crippen LogP contribution is -2.35. The molecule has 158 valence electrons. The first-order valence-electron chi connectivity index (χ1n) is 9.95. The van der Waals surface area contributed by atoms with Crippen molar-refractivity contribution in [3.05, 3.63) is 65.2 Å². The molecule has 0 spiro atoms. The summed E-state index contributed by atoms with van der Waals surface area (Å²) >= 11 is 1.33. The number of benzene rings is 2. The number of aryl methyl sites for hydroxylation is 1. The fraction of sp³-hybridized carbons (Fsp3) is 0.217. The van der Waals surface area contributed by atoms with Crippen molar-refractivity contribution >= 4 is 39.8 Å². The summed E-state index contributed by atoms with van der Waals surface area (Å²) in [6.45, 7) is 4.81. The van der Waals surface area contributed by atoms with Gasteiger partial charge in [-0.1, -0.05) is 36.8 Å². The highest BCUT2D eigenvalue weighted by atomic mass is 32.2. The predicted molar refractivity (Wildman–Crippen MR) is 124 cm³/mol. The first kappa shape index (κ1) is 20.9. The van der Waals surface area contributed by atoms with Crippen LogP contribution in [0.25, 0.3) is 6.08 Å². The molecule has 8 heteroatoms. The fourth-order valence-electron chi connectivity index (χ4n) is 2.99. The molecule has 4 rings (SSSR count). The number of thioether (sulfide) groups is 1. The van der Waals surface area contributed by atoms with E-state index in [0.29, 0.717) is 24.1 Å². The van der Waals surface area contributed by atoms with Crippen molar-refractivity contribution in [1.29, 1.82) is 5.41 Å². The summed E-state index contributed by atoms with van der Waals surface area (Å²) in [5.74, 6) is 1.05. The molecule has 0 aliphatic carbocycles. The molecule has 0 aromatic heterocycles. The van der Waals surface area contributed by atoms with E-state index in [1.54, 1.807) is 6.08 Å². The van der Waals surface area contributed by atoms with E-state index in [4.69, 9.17) is 14.9 Å². The summed E-state index contributed by atoms with van der Waals surface area (Å²) in [5.41, 5.74) is 2.13. The number of carbonyl (C=O) groups is 1. The van der Waals surface area contributed by atoms with Crippen molar-refractivity contribution < 1.29 is 14.3 Å². The van der Waals surface area contributed by atoms with Crippen LogP contribution in [0.1, 0.15) is 24.5 Å². The van der Waals surface area contributed by atoms with E-state index in [0.717, 1.165) is 22.8 Å². The van der Waals surface area contributed by atoms with Gasteiger partial charge in [0.05, 0.1) is 5.57 Å². The van der Waals surface area contributed by atoms with E-state index in [1.807, 2.05) is 62.4 Å². The van der Waals surface area contributed by atoms with Crippen molar-refractivity contribution in [2.24, 2.45) is 10.1 Å². The van der Waals surface area contributed by atoms with Crippen LogP contribution in [0.3, 0.4) is 0 Å². The van der Waals surface area contributed by atoms with Gasteiger partial charge in [-0.25, -0.2) is 0 Å². The Hall–Kier alpha value is -3.39. The third-order valence-electron chi connectivity index (χ3n) is 4.61. The molecule has 1 amide bonds. The van der Waals surface area contributed by atoms with Crippen LogP contribution in [0, 0.1) is 12.3 Å². The number of nitrogens with one attached hydrogen (secondary N) is 1. The van der Waals surface area contributed by atoms with E-state index in [-0.39, 0.29) is 11.4 Å². The molecule has 7 nitrogen and oxygen atoms in total. The van der Waals surface area contributed by atoms with Crippen LogP contribution >= 0.6 is 11.8 Å². The third-order valence-corrected chi connectivity index (χ3v) is 5.66. The third kappa shape index (κ3) is 4.86. The smallest absolute Gasteiger partial charge is 0.283 e. The SMILES string of the molecule is CCC1=NN2C(=N)/C(=C/c3cccc(OCCOc4ccc(C)cc4)c3)C(=O)N=C2S1. The average molecular weight is 435 g/mol. The normalized spacial score (nSPS) is 16.8. The molecule has 0 atom stereocenters. The van der Waals surface area contributed by atoms with E-state index in [2.05, 4.69) is 10.1 Å². The molecule has 2 heterocycles. The highest BCUT2D eigenvalue weighted by molar-refractivity contribution is 8.26. The highest BCUT2D eigenvalue weighted by Crippen LogP contribution is 2.29. The second-order valence-electron chi connectivity index (χ2n) is 6.95. The number of carbonyl (C=O) groups excluding carboxylic acids is 1. The quantitative estimate of drug-likeness (QED) is 0.513. The molecule has 2 aliphatic heterocycles. The van der Waals surface area contributed by atoms with Crippen LogP contribution in [0.5, 0.6) is 11.5 Å². The lowest BCUT2D eigenvalue weighted by Gasteiger charge is -2.20. The Kier molecular flexibility index (Phi) is 6.18. The number of amidine groups is 2. The van der Waals surface area contributed by atoms with Gasteiger partial charge in [0, 0.05) is 0 Å². The number of hydrogen-bond donors (Lipinski definition) is 1. The van der Waals surface area contributed by atoms with Crippen LogP contribution in [0.2, 0.25) is 0 Å². The summed E-state index contributed by atoms with van der Waals surface area (Å²) in [7, 11) is 0. The summed E-state index contributed by atoms with van der Waals surface area (Å²) in [6.07, 6.45) is 2.37. The molecule has 0 fully saturated rings. The number of amides is 1. The molecular formula is C23H22N4O3S. The Morgan fingerprint density at radius 1 is 1.10 bits per heavy atom. The van der Waals surface area contributed by atoms with E-state index in [1.165, 1.54) is 22.3 Å². The Morgan fingerprint density at radius 3 is 2.58 bits per heavy atom. The lowest BCUT2D eigenvalue weighted by molar-refractivity contribution is -0.114. The number of fused-ring (bicyclic) bond motifs is 1. The largest absolute Gasteiger partial charge is 0.490 e. The maximum atomic E-state index is 12.5. The Morgan fingerprint density at radius 2 is 1.84 bits per heavy atom. The van der Waals surface area contributed by atoms with E-state index >= 15 is 0 Å². The van der Waals surface area contributed by atoms with Gasteiger partial charge in [-0.15, -0.1) is 0 Å². The van der Waals surface area contributed by atoms with Gasteiger partial charge in [0.15, 0.2) is 5.84 Å². The minimum atomic E-state index is -0.436. The van der Waals surface area contributed by atoms with Crippen LogP contribution in [-0.2, 0) is 4.79 Å². The van der Waals surface area contributed by atoms with Gasteiger partial charge in [-0.05, 0) is 61.0 Å². The Bertz CT molecular complexity index is 1110. The van der Waals surface area contributed by atoms with Crippen molar-refractivity contribution in [3.8, 4) is 11.5 Å². The number of ether oxygens (including phenoxy) is 2. The maximum absolute atomic E-state index is 12.5. The topological polar surface area (TPSA) is 87.3 Å². The number of nitrogens with zero attached hydrogens (tertiary/aromatic N) is 3. The second-order valence-corrected chi connectivity index (χ2v) is 7.99. The maximum Gasteiger partial charge on any atom is 0.283 e. The predicted octanol–water partition coefficient (Wildman–Crippen LogP) is 4.48. The van der Waals surface area contributed by atoms with Gasteiger partial charge in [-0.3, -0.25) is 10.2 Å². The van der Waals surface area contributed by atoms with Crippen molar-refractivity contribution in [1.82, 2.24) is 5.01 Å². The molecule has 2 aromatic carbocycles. The number of hydrazone groups is 1. The summed E-state index contributed by atoms with van der Waals surface area (Å²) in [5, 5.41) is 15.4. The molecule has 0 unspecified atom stereocenters. The van der Waals surface area contributed by atoms with Gasteiger partial charge in [0.1, 0.15) is 29.8 Å². The van der Waals surface area contributed by atoms with E-state index in [9.17, 15) is 4.79 Å². The van der Waals surface area contributed by atoms with Crippen LogP contribution in [0.15, 0.2) is 64.2 Å². The standard InChI is InChI=1S/C23H22N4O3S/c1-3-20-26-27-21(24)19(22(28)25-23(27)31-20)14-16-5-4-6-18(13-16)30-12-11-29-17-9-7-15(2)8-10-17/h4-10,13-14,24H,3,11-12H2,1-2H3/b19-14-,24-21?. The molecule has 1 N–H and O–H groups in total. The minimum absolute atomic E-state index is 0.0313. The van der Waals surface area contributed by atoms with Crippen LogP contribution in [0.4, 0.5) is 0 Å². The van der Waals surface area contributed by atoms with Gasteiger partial charge in [-0.2, -0.15) is 15.1 Å². The number of rotatable bonds is 7. The summed E-state index contributed by atoms with van der Waals surface area (Å²) < 4.78 is 11.5. The lowest BCUT2D eigenvalue weighted by atomic mass is 10.1. The molecular weight excluding hydrogens is 412 g/mol.